The molecule has 0 saturated heterocycles. The molecule has 1 fully saturated rings. The van der Waals surface area contributed by atoms with Crippen molar-refractivity contribution in [1.29, 1.82) is 0 Å². The molecule has 0 radical (unpaired) electrons. The standard InChI is InChI=1S/C23H25N5O4/c1-2-12-27(15-17-10-11-17)21(29)16-32-23(30)20(14-19-9-6-13-31-19)28-22(24-25-26-28)18-7-4-3-5-8-18/h3-9,13-14,17H,2,10-12,15-16H2,1H3/b20-14+. The molecule has 3 aromatic rings. The number of furan rings is 1. The van der Waals surface area contributed by atoms with Gasteiger partial charge in [0, 0.05) is 24.7 Å². The number of esters is 1. The third-order valence-corrected chi connectivity index (χ3v) is 5.11. The maximum absolute atomic E-state index is 13.1. The minimum atomic E-state index is -0.720. The third-order valence-electron chi connectivity index (χ3n) is 5.11. The van der Waals surface area contributed by atoms with E-state index in [2.05, 4.69) is 15.5 Å². The Morgan fingerprint density at radius 2 is 2.03 bits per heavy atom. The van der Waals surface area contributed by atoms with Crippen molar-refractivity contribution in [3.8, 4) is 11.4 Å². The molecule has 0 atom stereocenters. The Bertz CT molecular complexity index is 1070. The summed E-state index contributed by atoms with van der Waals surface area (Å²) < 4.78 is 12.1. The molecule has 9 nitrogen and oxygen atoms in total. The van der Waals surface area contributed by atoms with Crippen molar-refractivity contribution in [2.45, 2.75) is 26.2 Å². The highest BCUT2D eigenvalue weighted by Gasteiger charge is 2.27. The Balaban J connectivity index is 1.55. The lowest BCUT2D eigenvalue weighted by atomic mass is 10.2. The van der Waals surface area contributed by atoms with E-state index in [4.69, 9.17) is 9.15 Å². The first-order chi connectivity index (χ1) is 15.7. The highest BCUT2D eigenvalue weighted by Crippen LogP contribution is 2.29. The average molecular weight is 435 g/mol. The van der Waals surface area contributed by atoms with E-state index in [0.29, 0.717) is 30.6 Å². The fraction of sp³-hybridized carbons (Fsp3) is 0.348. The molecule has 9 heteroatoms. The first-order valence-corrected chi connectivity index (χ1v) is 10.7. The van der Waals surface area contributed by atoms with Gasteiger partial charge in [0.15, 0.2) is 18.1 Å². The SMILES string of the molecule is CCCN(CC1CC1)C(=O)COC(=O)/C(=C\c1ccco1)n1nnnc1-c1ccccc1. The summed E-state index contributed by atoms with van der Waals surface area (Å²) in [7, 11) is 0. The van der Waals surface area contributed by atoms with E-state index in [-0.39, 0.29) is 18.2 Å². The largest absolute Gasteiger partial charge is 0.465 e. The molecule has 1 aliphatic rings. The van der Waals surface area contributed by atoms with Crippen LogP contribution in [0.5, 0.6) is 0 Å². The van der Waals surface area contributed by atoms with Gasteiger partial charge in [-0.05, 0) is 47.7 Å². The topological polar surface area (TPSA) is 103 Å². The Morgan fingerprint density at radius 3 is 2.72 bits per heavy atom. The summed E-state index contributed by atoms with van der Waals surface area (Å²) in [4.78, 5) is 27.5. The van der Waals surface area contributed by atoms with Crippen LogP contribution in [0, 0.1) is 5.92 Å². The predicted molar refractivity (Wildman–Crippen MR) is 117 cm³/mol. The summed E-state index contributed by atoms with van der Waals surface area (Å²) in [6.45, 7) is 3.04. The number of tetrazole rings is 1. The highest BCUT2D eigenvalue weighted by atomic mass is 16.5. The van der Waals surface area contributed by atoms with Crippen LogP contribution in [0.15, 0.2) is 53.1 Å². The monoisotopic (exact) mass is 435 g/mol. The number of rotatable bonds is 10. The van der Waals surface area contributed by atoms with Crippen LogP contribution < -0.4 is 0 Å². The summed E-state index contributed by atoms with van der Waals surface area (Å²) in [5.41, 5.74) is 0.770. The van der Waals surface area contributed by atoms with Crippen molar-refractivity contribution in [3.63, 3.8) is 0 Å². The fourth-order valence-electron chi connectivity index (χ4n) is 3.32. The Morgan fingerprint density at radius 1 is 1.22 bits per heavy atom. The van der Waals surface area contributed by atoms with Crippen molar-refractivity contribution >= 4 is 23.6 Å². The van der Waals surface area contributed by atoms with E-state index in [9.17, 15) is 9.59 Å². The minimum absolute atomic E-state index is 0.0424. The lowest BCUT2D eigenvalue weighted by molar-refractivity contribution is -0.147. The zero-order chi connectivity index (χ0) is 22.3. The fourth-order valence-corrected chi connectivity index (χ4v) is 3.32. The van der Waals surface area contributed by atoms with E-state index < -0.39 is 5.97 Å². The van der Waals surface area contributed by atoms with Gasteiger partial charge in [0.25, 0.3) is 5.91 Å². The molecule has 0 unspecified atom stereocenters. The zero-order valence-electron chi connectivity index (χ0n) is 17.9. The molecule has 0 spiro atoms. The Hall–Kier alpha value is -3.75. The van der Waals surface area contributed by atoms with Gasteiger partial charge in [-0.2, -0.15) is 4.68 Å². The van der Waals surface area contributed by atoms with Crippen molar-refractivity contribution < 1.29 is 18.7 Å². The second-order valence-electron chi connectivity index (χ2n) is 7.68. The summed E-state index contributed by atoms with van der Waals surface area (Å²) in [5, 5.41) is 11.8. The summed E-state index contributed by atoms with van der Waals surface area (Å²) >= 11 is 0. The number of carbonyl (C=O) groups excluding carboxylic acids is 2. The Kier molecular flexibility index (Phi) is 6.74. The molecular weight excluding hydrogens is 410 g/mol. The van der Waals surface area contributed by atoms with Crippen LogP contribution in [-0.2, 0) is 14.3 Å². The molecule has 4 rings (SSSR count). The lowest BCUT2D eigenvalue weighted by Crippen LogP contribution is -2.37. The van der Waals surface area contributed by atoms with Crippen LogP contribution >= 0.6 is 0 Å². The maximum Gasteiger partial charge on any atom is 0.357 e. The van der Waals surface area contributed by atoms with E-state index in [1.807, 2.05) is 37.3 Å². The zero-order valence-corrected chi connectivity index (χ0v) is 17.9. The Labute approximate surface area is 185 Å². The smallest absolute Gasteiger partial charge is 0.357 e. The number of ether oxygens (including phenoxy) is 1. The number of benzene rings is 1. The number of hydrogen-bond acceptors (Lipinski definition) is 7. The highest BCUT2D eigenvalue weighted by molar-refractivity contribution is 6.15. The molecule has 166 valence electrons. The van der Waals surface area contributed by atoms with E-state index in [0.717, 1.165) is 24.8 Å². The molecule has 32 heavy (non-hydrogen) atoms. The minimum Gasteiger partial charge on any atom is -0.465 e. The van der Waals surface area contributed by atoms with Crippen LogP contribution in [0.25, 0.3) is 23.2 Å². The molecule has 2 aromatic heterocycles. The van der Waals surface area contributed by atoms with Gasteiger partial charge in [0.1, 0.15) is 5.76 Å². The third kappa shape index (κ3) is 5.29. The normalized spacial score (nSPS) is 13.7. The van der Waals surface area contributed by atoms with Crippen LogP contribution in [0.3, 0.4) is 0 Å². The quantitative estimate of drug-likeness (QED) is 0.356. The first kappa shape index (κ1) is 21.5. The number of amides is 1. The summed E-state index contributed by atoms with van der Waals surface area (Å²) in [6, 6.07) is 12.7. The molecule has 0 N–H and O–H groups in total. The molecule has 1 amide bonds. The van der Waals surface area contributed by atoms with Gasteiger partial charge < -0.3 is 14.1 Å². The number of nitrogens with zero attached hydrogens (tertiary/aromatic N) is 5. The van der Waals surface area contributed by atoms with Crippen molar-refractivity contribution in [3.05, 3.63) is 54.5 Å². The number of carbonyl (C=O) groups is 2. The van der Waals surface area contributed by atoms with Crippen LogP contribution in [-0.4, -0.2) is 56.7 Å². The first-order valence-electron chi connectivity index (χ1n) is 10.7. The predicted octanol–water partition coefficient (Wildman–Crippen LogP) is 3.12. The summed E-state index contributed by atoms with van der Waals surface area (Å²) in [5.74, 6) is 0.434. The second-order valence-corrected chi connectivity index (χ2v) is 7.68. The average Bonchev–Trinajstić information content (AvgIpc) is 3.26. The lowest BCUT2D eigenvalue weighted by Gasteiger charge is -2.22. The van der Waals surface area contributed by atoms with Gasteiger partial charge in [-0.25, -0.2) is 4.79 Å². The molecule has 0 bridgehead atoms. The molecule has 1 aromatic carbocycles. The van der Waals surface area contributed by atoms with Gasteiger partial charge in [0.05, 0.1) is 6.26 Å². The van der Waals surface area contributed by atoms with Gasteiger partial charge in [0.2, 0.25) is 0 Å². The molecule has 2 heterocycles. The van der Waals surface area contributed by atoms with Gasteiger partial charge in [-0.3, -0.25) is 4.79 Å². The number of aromatic nitrogens is 4. The second kappa shape index (κ2) is 10.0. The van der Waals surface area contributed by atoms with Gasteiger partial charge in [-0.1, -0.05) is 37.3 Å². The summed E-state index contributed by atoms with van der Waals surface area (Å²) in [6.07, 6.45) is 6.12. The number of hydrogen-bond donors (Lipinski definition) is 0. The van der Waals surface area contributed by atoms with Gasteiger partial charge >= 0.3 is 5.97 Å². The molecule has 1 saturated carbocycles. The van der Waals surface area contributed by atoms with E-state index in [1.165, 1.54) is 17.0 Å². The van der Waals surface area contributed by atoms with Crippen LogP contribution in [0.2, 0.25) is 0 Å². The van der Waals surface area contributed by atoms with E-state index in [1.54, 1.807) is 17.0 Å². The molecule has 0 aliphatic heterocycles. The van der Waals surface area contributed by atoms with E-state index >= 15 is 0 Å². The van der Waals surface area contributed by atoms with Crippen LogP contribution in [0.4, 0.5) is 0 Å². The van der Waals surface area contributed by atoms with Gasteiger partial charge in [-0.15, -0.1) is 5.10 Å². The maximum atomic E-state index is 13.1. The van der Waals surface area contributed by atoms with Crippen molar-refractivity contribution in [2.75, 3.05) is 19.7 Å². The van der Waals surface area contributed by atoms with Crippen LogP contribution in [0.1, 0.15) is 31.9 Å². The van der Waals surface area contributed by atoms with Crippen molar-refractivity contribution in [1.82, 2.24) is 25.1 Å². The molecule has 1 aliphatic carbocycles. The molecular formula is C23H25N5O4. The van der Waals surface area contributed by atoms with Crippen molar-refractivity contribution in [2.24, 2.45) is 5.92 Å².